The number of halogens is 1. The zero-order valence-corrected chi connectivity index (χ0v) is 17.5. The van der Waals surface area contributed by atoms with Crippen LogP contribution < -0.4 is 0 Å². The molecule has 1 fully saturated rings. The van der Waals surface area contributed by atoms with Gasteiger partial charge in [0.25, 0.3) is 0 Å². The zero-order valence-electron chi connectivity index (χ0n) is 16.7. The van der Waals surface area contributed by atoms with Crippen LogP contribution >= 0.6 is 0 Å². The SMILES string of the molecule is Cc1noc(C2CN(S(=O)(=O)c3ccc(F)c(C)c3)CCCN2CC(C)C)n1. The van der Waals surface area contributed by atoms with Crippen molar-refractivity contribution < 1.29 is 17.3 Å². The Morgan fingerprint density at radius 3 is 2.64 bits per heavy atom. The van der Waals surface area contributed by atoms with Crippen LogP contribution in [0.3, 0.4) is 0 Å². The van der Waals surface area contributed by atoms with Crippen molar-refractivity contribution in [2.24, 2.45) is 5.92 Å². The smallest absolute Gasteiger partial charge is 0.245 e. The number of rotatable bonds is 5. The standard InChI is InChI=1S/C19H27FN4O3S/c1-13(2)11-23-8-5-9-24(12-18(23)19-21-15(4)22-27-19)28(25,26)16-6-7-17(20)14(3)10-16/h6-7,10,13,18H,5,8-9,11-12H2,1-4H3. The highest BCUT2D eigenvalue weighted by atomic mass is 32.2. The minimum absolute atomic E-state index is 0.101. The Morgan fingerprint density at radius 2 is 2.04 bits per heavy atom. The van der Waals surface area contributed by atoms with E-state index in [1.54, 1.807) is 13.8 Å². The van der Waals surface area contributed by atoms with Crippen molar-refractivity contribution in [2.75, 3.05) is 26.2 Å². The Kier molecular flexibility index (Phi) is 6.16. The Balaban J connectivity index is 1.94. The van der Waals surface area contributed by atoms with Crippen molar-refractivity contribution in [3.05, 3.63) is 41.3 Å². The average Bonchev–Trinajstić information content (AvgIpc) is 2.93. The number of hydrogen-bond acceptors (Lipinski definition) is 6. The molecule has 28 heavy (non-hydrogen) atoms. The van der Waals surface area contributed by atoms with Gasteiger partial charge in [0.2, 0.25) is 15.9 Å². The van der Waals surface area contributed by atoms with Crippen molar-refractivity contribution in [1.82, 2.24) is 19.3 Å². The van der Waals surface area contributed by atoms with Crippen LogP contribution in [-0.4, -0.2) is 53.9 Å². The van der Waals surface area contributed by atoms with Gasteiger partial charge >= 0.3 is 0 Å². The van der Waals surface area contributed by atoms with Crippen molar-refractivity contribution in [3.63, 3.8) is 0 Å². The highest BCUT2D eigenvalue weighted by Gasteiger charge is 2.36. The van der Waals surface area contributed by atoms with E-state index >= 15 is 0 Å². The third-order valence-corrected chi connectivity index (χ3v) is 6.73. The maximum absolute atomic E-state index is 13.6. The summed E-state index contributed by atoms with van der Waals surface area (Å²) in [4.78, 5) is 6.67. The van der Waals surface area contributed by atoms with Crippen LogP contribution in [0.4, 0.5) is 4.39 Å². The van der Waals surface area contributed by atoms with Gasteiger partial charge in [0, 0.05) is 26.2 Å². The first kappa shape index (κ1) is 20.9. The fraction of sp³-hybridized carbons (Fsp3) is 0.579. The van der Waals surface area contributed by atoms with Gasteiger partial charge in [-0.2, -0.15) is 9.29 Å². The first-order chi connectivity index (χ1) is 13.2. The maximum Gasteiger partial charge on any atom is 0.245 e. The van der Waals surface area contributed by atoms with Crippen LogP contribution in [0, 0.1) is 25.6 Å². The molecule has 2 heterocycles. The summed E-state index contributed by atoms with van der Waals surface area (Å²) in [6.07, 6.45) is 0.690. The molecule has 7 nitrogen and oxygen atoms in total. The van der Waals surface area contributed by atoms with Crippen molar-refractivity contribution >= 4 is 10.0 Å². The predicted molar refractivity (Wildman–Crippen MR) is 103 cm³/mol. The molecule has 0 saturated carbocycles. The average molecular weight is 411 g/mol. The zero-order chi connectivity index (χ0) is 20.5. The van der Waals surface area contributed by atoms with E-state index in [9.17, 15) is 12.8 Å². The van der Waals surface area contributed by atoms with Crippen molar-refractivity contribution in [3.8, 4) is 0 Å². The van der Waals surface area contributed by atoms with Gasteiger partial charge in [0.15, 0.2) is 5.82 Å². The van der Waals surface area contributed by atoms with Gasteiger partial charge in [-0.05, 0) is 49.9 Å². The minimum Gasteiger partial charge on any atom is -0.338 e. The molecule has 1 aromatic heterocycles. The first-order valence-electron chi connectivity index (χ1n) is 9.49. The Bertz CT molecular complexity index is 929. The van der Waals surface area contributed by atoms with Gasteiger partial charge in [-0.25, -0.2) is 12.8 Å². The third-order valence-electron chi connectivity index (χ3n) is 4.87. The van der Waals surface area contributed by atoms with E-state index in [1.807, 2.05) is 0 Å². The molecule has 0 aliphatic carbocycles. The van der Waals surface area contributed by atoms with Gasteiger partial charge in [-0.1, -0.05) is 19.0 Å². The molecule has 154 valence electrons. The van der Waals surface area contributed by atoms with Gasteiger partial charge in [-0.3, -0.25) is 4.90 Å². The molecule has 0 radical (unpaired) electrons. The largest absolute Gasteiger partial charge is 0.338 e. The quantitative estimate of drug-likeness (QED) is 0.754. The molecule has 1 saturated heterocycles. The fourth-order valence-electron chi connectivity index (χ4n) is 3.52. The van der Waals surface area contributed by atoms with Gasteiger partial charge < -0.3 is 4.52 Å². The molecule has 2 aromatic rings. The van der Waals surface area contributed by atoms with Gasteiger partial charge in [0.05, 0.1) is 4.90 Å². The van der Waals surface area contributed by atoms with E-state index in [0.29, 0.717) is 36.2 Å². The van der Waals surface area contributed by atoms with E-state index in [4.69, 9.17) is 4.52 Å². The lowest BCUT2D eigenvalue weighted by Crippen LogP contribution is -2.39. The Labute approximate surface area is 165 Å². The number of hydrogen-bond donors (Lipinski definition) is 0. The summed E-state index contributed by atoms with van der Waals surface area (Å²) in [5.74, 6) is 0.939. The van der Waals surface area contributed by atoms with Crippen molar-refractivity contribution in [2.45, 2.75) is 45.1 Å². The van der Waals surface area contributed by atoms with Gasteiger partial charge in [-0.15, -0.1) is 0 Å². The number of sulfonamides is 1. The first-order valence-corrected chi connectivity index (χ1v) is 10.9. The molecular formula is C19H27FN4O3S. The fourth-order valence-corrected chi connectivity index (χ4v) is 5.09. The lowest BCUT2D eigenvalue weighted by molar-refractivity contribution is 0.146. The summed E-state index contributed by atoms with van der Waals surface area (Å²) < 4.78 is 46.9. The summed E-state index contributed by atoms with van der Waals surface area (Å²) in [6, 6.07) is 3.58. The second-order valence-corrected chi connectivity index (χ2v) is 9.65. The van der Waals surface area contributed by atoms with Crippen LogP contribution in [0.15, 0.2) is 27.6 Å². The highest BCUT2D eigenvalue weighted by molar-refractivity contribution is 7.89. The second-order valence-electron chi connectivity index (χ2n) is 7.71. The van der Waals surface area contributed by atoms with Crippen LogP contribution in [0.2, 0.25) is 0 Å². The van der Waals surface area contributed by atoms with Crippen LogP contribution in [0.1, 0.15) is 43.6 Å². The highest BCUT2D eigenvalue weighted by Crippen LogP contribution is 2.29. The number of aromatic nitrogens is 2. The van der Waals surface area contributed by atoms with Crippen LogP contribution in [0.5, 0.6) is 0 Å². The van der Waals surface area contributed by atoms with E-state index in [0.717, 1.165) is 13.1 Å². The molecule has 1 unspecified atom stereocenters. The molecule has 1 aromatic carbocycles. The minimum atomic E-state index is -3.76. The summed E-state index contributed by atoms with van der Waals surface area (Å²) in [5, 5.41) is 3.88. The topological polar surface area (TPSA) is 79.5 Å². The molecular weight excluding hydrogens is 383 g/mol. The molecule has 3 rings (SSSR count). The molecule has 1 aliphatic heterocycles. The Hall–Kier alpha value is -1.84. The van der Waals surface area contributed by atoms with E-state index < -0.39 is 15.8 Å². The van der Waals surface area contributed by atoms with Crippen LogP contribution in [0.25, 0.3) is 0 Å². The third kappa shape index (κ3) is 4.42. The summed E-state index contributed by atoms with van der Waals surface area (Å²) in [5.41, 5.74) is 0.307. The van der Waals surface area contributed by atoms with E-state index in [-0.39, 0.29) is 17.5 Å². The number of nitrogens with zero attached hydrogens (tertiary/aromatic N) is 4. The summed E-state index contributed by atoms with van der Waals surface area (Å²) in [7, 11) is -3.76. The molecule has 9 heteroatoms. The molecule has 1 aliphatic rings. The summed E-state index contributed by atoms with van der Waals surface area (Å²) >= 11 is 0. The number of aryl methyl sites for hydroxylation is 2. The normalized spacial score (nSPS) is 19.9. The summed E-state index contributed by atoms with van der Waals surface area (Å²) in [6.45, 7) is 9.68. The van der Waals surface area contributed by atoms with Gasteiger partial charge in [0.1, 0.15) is 11.9 Å². The Morgan fingerprint density at radius 1 is 1.29 bits per heavy atom. The predicted octanol–water partition coefficient (Wildman–Crippen LogP) is 2.92. The van der Waals surface area contributed by atoms with Crippen molar-refractivity contribution in [1.29, 1.82) is 0 Å². The lowest BCUT2D eigenvalue weighted by atomic mass is 10.1. The van der Waals surface area contributed by atoms with E-state index in [1.165, 1.54) is 22.5 Å². The van der Waals surface area contributed by atoms with E-state index in [2.05, 4.69) is 28.9 Å². The number of benzene rings is 1. The maximum atomic E-state index is 13.6. The molecule has 0 spiro atoms. The molecule has 0 amide bonds. The second kappa shape index (κ2) is 8.26. The van der Waals surface area contributed by atoms with Crippen LogP contribution in [-0.2, 0) is 10.0 Å². The lowest BCUT2D eigenvalue weighted by Gasteiger charge is -2.30. The molecule has 0 N–H and O–H groups in total. The molecule has 0 bridgehead atoms. The molecule has 1 atom stereocenters. The monoisotopic (exact) mass is 410 g/mol.